The van der Waals surface area contributed by atoms with Crippen molar-refractivity contribution in [3.63, 3.8) is 0 Å². The maximum Gasteiger partial charge on any atom is 0.0547 e. The average Bonchev–Trinajstić information content (AvgIpc) is 3.73. The summed E-state index contributed by atoms with van der Waals surface area (Å²) in [6.07, 6.45) is 0. The van der Waals surface area contributed by atoms with Crippen molar-refractivity contribution in [2.45, 2.75) is 0 Å². The number of fused-ring (bicyclic) bond motifs is 6. The maximum absolute atomic E-state index is 2.42. The zero-order valence-corrected chi connectivity index (χ0v) is 35.1. The maximum atomic E-state index is 2.42. The van der Waals surface area contributed by atoms with Crippen LogP contribution in [0.3, 0.4) is 0 Å². The molecule has 0 spiro atoms. The normalized spacial score (nSPS) is 11.4. The van der Waals surface area contributed by atoms with E-state index in [1.165, 1.54) is 82.3 Å². The molecule has 0 fully saturated rings. The highest BCUT2D eigenvalue weighted by atomic mass is 15.1. The molecule has 11 aromatic carbocycles. The Balaban J connectivity index is 1.03. The third-order valence-electron chi connectivity index (χ3n) is 12.7. The number of hydrogen-bond donors (Lipinski definition) is 0. The van der Waals surface area contributed by atoms with Gasteiger partial charge in [-0.1, -0.05) is 182 Å². The second-order valence-electron chi connectivity index (χ2n) is 16.5. The highest BCUT2D eigenvalue weighted by molar-refractivity contribution is 6.25. The first-order valence-electron chi connectivity index (χ1n) is 22.0. The Hall–Kier alpha value is -8.46. The van der Waals surface area contributed by atoms with Gasteiger partial charge < -0.3 is 9.47 Å². The lowest BCUT2D eigenvalue weighted by molar-refractivity contribution is 1.18. The van der Waals surface area contributed by atoms with Gasteiger partial charge in [0, 0.05) is 33.2 Å². The fraction of sp³-hybridized carbons (Fsp3) is 0. The molecule has 1 aromatic heterocycles. The summed E-state index contributed by atoms with van der Waals surface area (Å²) in [6.45, 7) is 0. The average molecular weight is 815 g/mol. The molecule has 0 saturated carbocycles. The molecule has 0 saturated heterocycles. The van der Waals surface area contributed by atoms with Crippen LogP contribution in [0.2, 0.25) is 0 Å². The van der Waals surface area contributed by atoms with E-state index in [4.69, 9.17) is 0 Å². The fourth-order valence-electron chi connectivity index (χ4n) is 9.76. The van der Waals surface area contributed by atoms with Crippen LogP contribution in [0.15, 0.2) is 255 Å². The predicted octanol–water partition coefficient (Wildman–Crippen LogP) is 17.2. The van der Waals surface area contributed by atoms with Gasteiger partial charge in [0.25, 0.3) is 0 Å². The van der Waals surface area contributed by atoms with Crippen LogP contribution >= 0.6 is 0 Å². The lowest BCUT2D eigenvalue weighted by Gasteiger charge is -2.27. The minimum absolute atomic E-state index is 1.09. The SMILES string of the molecule is c1ccc(-c2cc(-c3ccccc3)cc(-c3ccc(N(c4cccc(-c5cccc6c5c5c7ccccc7ccc5n6-c5ccccc5)c4)c4cccc5ccccc45)cc3)c2)cc1. The van der Waals surface area contributed by atoms with Gasteiger partial charge in [0.15, 0.2) is 0 Å². The molecule has 0 aliphatic rings. The third kappa shape index (κ3) is 6.52. The van der Waals surface area contributed by atoms with Crippen LogP contribution < -0.4 is 4.90 Å². The van der Waals surface area contributed by atoms with Gasteiger partial charge in [0.1, 0.15) is 0 Å². The van der Waals surface area contributed by atoms with Crippen LogP contribution in [-0.2, 0) is 0 Å². The van der Waals surface area contributed by atoms with Gasteiger partial charge in [-0.05, 0) is 133 Å². The molecular weight excluding hydrogens is 773 g/mol. The second-order valence-corrected chi connectivity index (χ2v) is 16.5. The smallest absolute Gasteiger partial charge is 0.0547 e. The van der Waals surface area contributed by atoms with Crippen LogP contribution in [0, 0.1) is 0 Å². The van der Waals surface area contributed by atoms with Crippen molar-refractivity contribution in [2.24, 2.45) is 0 Å². The van der Waals surface area contributed by atoms with Crippen molar-refractivity contribution in [3.8, 4) is 50.2 Å². The molecule has 0 N–H and O–H groups in total. The first-order valence-corrected chi connectivity index (χ1v) is 22.0. The second kappa shape index (κ2) is 15.8. The highest BCUT2D eigenvalue weighted by Crippen LogP contribution is 2.45. The van der Waals surface area contributed by atoms with Crippen LogP contribution in [0.25, 0.3) is 93.5 Å². The van der Waals surface area contributed by atoms with E-state index in [-0.39, 0.29) is 0 Å². The van der Waals surface area contributed by atoms with E-state index in [1.54, 1.807) is 0 Å². The molecule has 300 valence electrons. The van der Waals surface area contributed by atoms with E-state index in [0.29, 0.717) is 0 Å². The van der Waals surface area contributed by atoms with Crippen molar-refractivity contribution in [3.05, 3.63) is 255 Å². The molecule has 2 nitrogen and oxygen atoms in total. The molecule has 0 amide bonds. The van der Waals surface area contributed by atoms with E-state index in [9.17, 15) is 0 Å². The first kappa shape index (κ1) is 37.3. The molecule has 0 unspecified atom stereocenters. The van der Waals surface area contributed by atoms with E-state index in [1.807, 2.05) is 0 Å². The zero-order valence-electron chi connectivity index (χ0n) is 35.1. The number of benzene rings is 11. The quantitative estimate of drug-likeness (QED) is 0.148. The van der Waals surface area contributed by atoms with Crippen LogP contribution in [-0.4, -0.2) is 4.57 Å². The molecule has 0 bridgehead atoms. The Kier molecular flexibility index (Phi) is 9.20. The number of aromatic nitrogens is 1. The summed E-state index contributed by atoms with van der Waals surface area (Å²) in [4.78, 5) is 2.42. The summed E-state index contributed by atoms with van der Waals surface area (Å²) in [5.74, 6) is 0. The van der Waals surface area contributed by atoms with E-state index >= 15 is 0 Å². The summed E-state index contributed by atoms with van der Waals surface area (Å²) in [5.41, 5.74) is 16.4. The largest absolute Gasteiger partial charge is 0.310 e. The summed E-state index contributed by atoms with van der Waals surface area (Å²) in [7, 11) is 0. The van der Waals surface area contributed by atoms with Crippen LogP contribution in [0.1, 0.15) is 0 Å². The topological polar surface area (TPSA) is 8.17 Å². The van der Waals surface area contributed by atoms with Gasteiger partial charge in [-0.2, -0.15) is 0 Å². The molecule has 64 heavy (non-hydrogen) atoms. The Labute approximate surface area is 373 Å². The molecule has 12 aromatic rings. The van der Waals surface area contributed by atoms with Crippen molar-refractivity contribution in [1.29, 1.82) is 0 Å². The Morgan fingerprint density at radius 2 is 0.797 bits per heavy atom. The summed E-state index contributed by atoms with van der Waals surface area (Å²) < 4.78 is 2.42. The number of rotatable bonds is 8. The van der Waals surface area contributed by atoms with Gasteiger partial charge in [-0.15, -0.1) is 0 Å². The van der Waals surface area contributed by atoms with Gasteiger partial charge in [0.2, 0.25) is 0 Å². The van der Waals surface area contributed by atoms with E-state index in [0.717, 1.165) is 28.3 Å². The summed E-state index contributed by atoms with van der Waals surface area (Å²) in [6, 6.07) is 92.7. The molecular formula is C62H42N2. The summed E-state index contributed by atoms with van der Waals surface area (Å²) in [5, 5.41) is 7.41. The molecule has 0 radical (unpaired) electrons. The van der Waals surface area contributed by atoms with Crippen LogP contribution in [0.5, 0.6) is 0 Å². The molecule has 0 aliphatic carbocycles. The van der Waals surface area contributed by atoms with E-state index < -0.39 is 0 Å². The predicted molar refractivity (Wildman–Crippen MR) is 272 cm³/mol. The highest BCUT2D eigenvalue weighted by Gasteiger charge is 2.21. The molecule has 0 atom stereocenters. The standard InChI is InChI=1S/C62H42N2/c1-4-17-43(18-5-1)49-39-50(44-19-6-2-7-20-44)41-51(40-49)45-33-36-53(37-34-45)63(58-31-15-23-46-21-10-12-28-55(46)58)54-27-14-24-48(42-54)57-30-16-32-59-62(57)61-56-29-13-11-22-47(56)35-38-60(61)64(59)52-25-8-3-9-26-52/h1-42H. The van der Waals surface area contributed by atoms with Gasteiger partial charge in [-0.25, -0.2) is 0 Å². The molecule has 0 aliphatic heterocycles. The lowest BCUT2D eigenvalue weighted by Crippen LogP contribution is -2.10. The number of nitrogens with zero attached hydrogens (tertiary/aromatic N) is 2. The Morgan fingerprint density at radius 3 is 1.48 bits per heavy atom. The van der Waals surface area contributed by atoms with Gasteiger partial charge in [-0.3, -0.25) is 0 Å². The lowest BCUT2D eigenvalue weighted by atomic mass is 9.93. The summed E-state index contributed by atoms with van der Waals surface area (Å²) >= 11 is 0. The van der Waals surface area contributed by atoms with Crippen molar-refractivity contribution >= 4 is 60.4 Å². The molecule has 2 heteroatoms. The van der Waals surface area contributed by atoms with Crippen molar-refractivity contribution < 1.29 is 0 Å². The van der Waals surface area contributed by atoms with Crippen molar-refractivity contribution in [2.75, 3.05) is 4.90 Å². The van der Waals surface area contributed by atoms with Crippen LogP contribution in [0.4, 0.5) is 17.1 Å². The fourth-order valence-corrected chi connectivity index (χ4v) is 9.76. The third-order valence-corrected chi connectivity index (χ3v) is 12.7. The number of hydrogen-bond acceptors (Lipinski definition) is 1. The van der Waals surface area contributed by atoms with Gasteiger partial charge in [0.05, 0.1) is 16.7 Å². The monoisotopic (exact) mass is 814 g/mol. The zero-order chi connectivity index (χ0) is 42.4. The number of para-hydroxylation sites is 1. The van der Waals surface area contributed by atoms with Gasteiger partial charge >= 0.3 is 0 Å². The minimum Gasteiger partial charge on any atom is -0.310 e. The van der Waals surface area contributed by atoms with Crippen molar-refractivity contribution in [1.82, 2.24) is 4.57 Å². The van der Waals surface area contributed by atoms with E-state index in [2.05, 4.69) is 264 Å². The molecule has 12 rings (SSSR count). The number of anilines is 3. The Bertz CT molecular complexity index is 3580. The Morgan fingerprint density at radius 1 is 0.281 bits per heavy atom. The minimum atomic E-state index is 1.09. The first-order chi connectivity index (χ1) is 31.7. The molecule has 1 heterocycles.